The molecule has 2 heteroatoms. The van der Waals surface area contributed by atoms with Crippen LogP contribution in [-0.2, 0) is 6.42 Å². The van der Waals surface area contributed by atoms with E-state index in [0.717, 1.165) is 27.6 Å². The Bertz CT molecular complexity index is 421. The third kappa shape index (κ3) is 6.13. The standard InChI is InChI=1S/C13H10Cl2.2C2H6/c14-12-7-3-1-5-10(12)9-11-6-2-4-8-13(11)15;2*1-2/h1-8H,9H2;2*1-2H3. The Hall–Kier alpha value is -0.980. The molecule has 0 bridgehead atoms. The maximum atomic E-state index is 6.08. The normalized spacial score (nSPS) is 8.74. The lowest BCUT2D eigenvalue weighted by atomic mass is 10.1. The van der Waals surface area contributed by atoms with Gasteiger partial charge in [0.2, 0.25) is 0 Å². The highest BCUT2D eigenvalue weighted by atomic mass is 35.5. The number of hydrogen-bond acceptors (Lipinski definition) is 0. The van der Waals surface area contributed by atoms with E-state index >= 15 is 0 Å². The van der Waals surface area contributed by atoms with Gasteiger partial charge in [-0.2, -0.15) is 0 Å². The first-order valence-corrected chi connectivity index (χ1v) is 7.50. The highest BCUT2D eigenvalue weighted by Crippen LogP contribution is 2.23. The van der Waals surface area contributed by atoms with Crippen molar-refractivity contribution in [2.45, 2.75) is 34.1 Å². The van der Waals surface area contributed by atoms with Gasteiger partial charge in [-0.1, -0.05) is 87.3 Å². The molecule has 0 fully saturated rings. The molecule has 0 radical (unpaired) electrons. The summed E-state index contributed by atoms with van der Waals surface area (Å²) in [5.41, 5.74) is 2.21. The summed E-state index contributed by atoms with van der Waals surface area (Å²) >= 11 is 12.2. The molecular weight excluding hydrogens is 275 g/mol. The Kier molecular flexibility index (Phi) is 10.3. The van der Waals surface area contributed by atoms with E-state index in [1.165, 1.54) is 0 Å². The quantitative estimate of drug-likeness (QED) is 0.583. The van der Waals surface area contributed by atoms with Gasteiger partial charge in [-0.25, -0.2) is 0 Å². The zero-order valence-corrected chi connectivity index (χ0v) is 13.6. The molecule has 0 N–H and O–H groups in total. The van der Waals surface area contributed by atoms with Crippen LogP contribution < -0.4 is 0 Å². The van der Waals surface area contributed by atoms with Crippen molar-refractivity contribution in [2.75, 3.05) is 0 Å². The highest BCUT2D eigenvalue weighted by Gasteiger charge is 2.03. The molecule has 0 aliphatic carbocycles. The summed E-state index contributed by atoms with van der Waals surface area (Å²) in [6.07, 6.45) is 0.777. The molecule has 0 amide bonds. The van der Waals surface area contributed by atoms with E-state index in [2.05, 4.69) is 0 Å². The molecule has 0 atom stereocenters. The number of hydrogen-bond donors (Lipinski definition) is 0. The second-order valence-corrected chi connectivity index (χ2v) is 4.17. The predicted molar refractivity (Wildman–Crippen MR) is 88.4 cm³/mol. The van der Waals surface area contributed by atoms with Crippen LogP contribution in [0.5, 0.6) is 0 Å². The van der Waals surface area contributed by atoms with Crippen LogP contribution in [0.4, 0.5) is 0 Å². The van der Waals surface area contributed by atoms with E-state index in [4.69, 9.17) is 23.2 Å². The van der Waals surface area contributed by atoms with Crippen LogP contribution in [0.15, 0.2) is 48.5 Å². The SMILES string of the molecule is CC.CC.Clc1ccccc1Cc1ccccc1Cl. The van der Waals surface area contributed by atoms with Gasteiger partial charge < -0.3 is 0 Å². The summed E-state index contributed by atoms with van der Waals surface area (Å²) in [4.78, 5) is 0. The van der Waals surface area contributed by atoms with Gasteiger partial charge in [-0.3, -0.25) is 0 Å². The minimum absolute atomic E-state index is 0.777. The maximum Gasteiger partial charge on any atom is 0.0441 e. The fourth-order valence-electron chi connectivity index (χ4n) is 1.49. The van der Waals surface area contributed by atoms with Crippen molar-refractivity contribution in [3.05, 3.63) is 69.7 Å². The topological polar surface area (TPSA) is 0 Å². The lowest BCUT2D eigenvalue weighted by molar-refractivity contribution is 1.19. The van der Waals surface area contributed by atoms with Crippen LogP contribution in [0.2, 0.25) is 10.0 Å². The molecule has 2 aromatic rings. The summed E-state index contributed by atoms with van der Waals surface area (Å²) in [6, 6.07) is 15.7. The van der Waals surface area contributed by atoms with Gasteiger partial charge >= 0.3 is 0 Å². The van der Waals surface area contributed by atoms with E-state index in [1.54, 1.807) is 0 Å². The van der Waals surface area contributed by atoms with Crippen molar-refractivity contribution in [1.29, 1.82) is 0 Å². The lowest BCUT2D eigenvalue weighted by Crippen LogP contribution is -1.89. The van der Waals surface area contributed by atoms with Gasteiger partial charge in [0, 0.05) is 16.5 Å². The molecule has 104 valence electrons. The van der Waals surface area contributed by atoms with E-state index in [0.29, 0.717) is 0 Å². The van der Waals surface area contributed by atoms with Gasteiger partial charge in [0.05, 0.1) is 0 Å². The third-order valence-electron chi connectivity index (χ3n) is 2.30. The summed E-state index contributed by atoms with van der Waals surface area (Å²) < 4.78 is 0. The molecule has 0 spiro atoms. The second-order valence-electron chi connectivity index (χ2n) is 3.36. The van der Waals surface area contributed by atoms with Crippen LogP contribution in [0.1, 0.15) is 38.8 Å². The first kappa shape index (κ1) is 18.0. The van der Waals surface area contributed by atoms with Gasteiger partial charge in [0.1, 0.15) is 0 Å². The van der Waals surface area contributed by atoms with Crippen molar-refractivity contribution in [1.82, 2.24) is 0 Å². The Labute approximate surface area is 127 Å². The number of rotatable bonds is 2. The largest absolute Gasteiger partial charge is 0.0840 e. The van der Waals surface area contributed by atoms with E-state index < -0.39 is 0 Å². The van der Waals surface area contributed by atoms with Crippen LogP contribution in [0.3, 0.4) is 0 Å². The molecule has 0 unspecified atom stereocenters. The van der Waals surface area contributed by atoms with Crippen LogP contribution in [0.25, 0.3) is 0 Å². The molecule has 2 aromatic carbocycles. The molecular formula is C17H22Cl2. The molecule has 0 saturated carbocycles. The zero-order valence-electron chi connectivity index (χ0n) is 12.1. The van der Waals surface area contributed by atoms with Crippen molar-refractivity contribution in [2.24, 2.45) is 0 Å². The maximum absolute atomic E-state index is 6.08. The number of halogens is 2. The van der Waals surface area contributed by atoms with Crippen molar-refractivity contribution >= 4 is 23.2 Å². The van der Waals surface area contributed by atoms with Crippen molar-refractivity contribution < 1.29 is 0 Å². The Morgan fingerprint density at radius 2 is 0.947 bits per heavy atom. The molecule has 0 heterocycles. The van der Waals surface area contributed by atoms with E-state index in [-0.39, 0.29) is 0 Å². The molecule has 0 saturated heterocycles. The predicted octanol–water partition coefficient (Wildman–Crippen LogP) is 6.64. The molecule has 0 nitrogen and oxygen atoms in total. The van der Waals surface area contributed by atoms with Crippen molar-refractivity contribution in [3.8, 4) is 0 Å². The molecule has 0 aliphatic rings. The third-order valence-corrected chi connectivity index (χ3v) is 3.03. The first-order valence-electron chi connectivity index (χ1n) is 6.74. The smallest absolute Gasteiger partial charge is 0.0441 e. The van der Waals surface area contributed by atoms with Crippen LogP contribution >= 0.6 is 23.2 Å². The average Bonchev–Trinajstić information content (AvgIpc) is 2.48. The van der Waals surface area contributed by atoms with E-state index in [9.17, 15) is 0 Å². The minimum Gasteiger partial charge on any atom is -0.0840 e. The Morgan fingerprint density at radius 3 is 1.26 bits per heavy atom. The Morgan fingerprint density at radius 1 is 0.632 bits per heavy atom. The first-order chi connectivity index (χ1) is 9.27. The van der Waals surface area contributed by atoms with Gasteiger partial charge in [-0.15, -0.1) is 0 Å². The lowest BCUT2D eigenvalue weighted by Gasteiger charge is -2.05. The molecule has 0 aromatic heterocycles. The fraction of sp³-hybridized carbons (Fsp3) is 0.294. The molecule has 2 rings (SSSR count). The summed E-state index contributed by atoms with van der Waals surface area (Å²) in [7, 11) is 0. The number of benzene rings is 2. The monoisotopic (exact) mass is 296 g/mol. The average molecular weight is 297 g/mol. The second kappa shape index (κ2) is 10.9. The summed E-state index contributed by atoms with van der Waals surface area (Å²) in [6.45, 7) is 8.00. The van der Waals surface area contributed by atoms with Gasteiger partial charge in [0.15, 0.2) is 0 Å². The summed E-state index contributed by atoms with van der Waals surface area (Å²) in [5.74, 6) is 0. The highest BCUT2D eigenvalue weighted by molar-refractivity contribution is 6.32. The Balaban J connectivity index is 0.000000741. The van der Waals surface area contributed by atoms with Crippen LogP contribution in [-0.4, -0.2) is 0 Å². The minimum atomic E-state index is 0.777. The molecule has 19 heavy (non-hydrogen) atoms. The van der Waals surface area contributed by atoms with Gasteiger partial charge in [0.25, 0.3) is 0 Å². The van der Waals surface area contributed by atoms with Crippen LogP contribution in [0, 0.1) is 0 Å². The van der Waals surface area contributed by atoms with Crippen molar-refractivity contribution in [3.63, 3.8) is 0 Å². The summed E-state index contributed by atoms with van der Waals surface area (Å²) in [5, 5.41) is 1.58. The van der Waals surface area contributed by atoms with Gasteiger partial charge in [-0.05, 0) is 23.3 Å². The zero-order chi connectivity index (χ0) is 14.7. The molecule has 0 aliphatic heterocycles. The fourth-order valence-corrected chi connectivity index (χ4v) is 1.89. The van der Waals surface area contributed by atoms with E-state index in [1.807, 2.05) is 76.2 Å².